The molecule has 0 amide bonds. The van der Waals surface area contributed by atoms with Gasteiger partial charge in [0, 0.05) is 6.04 Å². The minimum Gasteiger partial charge on any atom is -0.508 e. The van der Waals surface area contributed by atoms with Crippen LogP contribution in [0.15, 0.2) is 24.3 Å². The van der Waals surface area contributed by atoms with Gasteiger partial charge >= 0.3 is 0 Å². The highest BCUT2D eigenvalue weighted by Gasteiger charge is 2.18. The van der Waals surface area contributed by atoms with Crippen molar-refractivity contribution in [3.8, 4) is 5.75 Å². The van der Waals surface area contributed by atoms with Crippen molar-refractivity contribution in [2.45, 2.75) is 44.9 Å². The first kappa shape index (κ1) is 15.0. The van der Waals surface area contributed by atoms with Gasteiger partial charge in [0.1, 0.15) is 5.75 Å². The van der Waals surface area contributed by atoms with Crippen LogP contribution in [0.4, 0.5) is 0 Å². The lowest BCUT2D eigenvalue weighted by atomic mass is 10.1. The van der Waals surface area contributed by atoms with Gasteiger partial charge in [-0.3, -0.25) is 0 Å². The SMILES string of the molecule is CC(CCc1ccc(O)cc1)NS(=O)(=O)C(C)C. The largest absolute Gasteiger partial charge is 0.508 e. The Morgan fingerprint density at radius 3 is 2.22 bits per heavy atom. The maximum Gasteiger partial charge on any atom is 0.214 e. The number of benzene rings is 1. The van der Waals surface area contributed by atoms with Crippen LogP contribution in [0.3, 0.4) is 0 Å². The molecule has 1 unspecified atom stereocenters. The molecular weight excluding hydrogens is 250 g/mol. The molecule has 1 aromatic rings. The van der Waals surface area contributed by atoms with E-state index in [1.54, 1.807) is 26.0 Å². The molecular formula is C13H21NO3S. The Labute approximate surface area is 109 Å². The summed E-state index contributed by atoms with van der Waals surface area (Å²) in [5.74, 6) is 0.243. The Balaban J connectivity index is 2.47. The second-order valence-corrected chi connectivity index (χ2v) is 7.09. The lowest BCUT2D eigenvalue weighted by Crippen LogP contribution is -2.37. The van der Waals surface area contributed by atoms with Crippen LogP contribution >= 0.6 is 0 Å². The molecule has 0 saturated heterocycles. The van der Waals surface area contributed by atoms with E-state index in [1.807, 2.05) is 19.1 Å². The van der Waals surface area contributed by atoms with Gasteiger partial charge in [0.15, 0.2) is 0 Å². The lowest BCUT2D eigenvalue weighted by molar-refractivity contribution is 0.475. The highest BCUT2D eigenvalue weighted by atomic mass is 32.2. The van der Waals surface area contributed by atoms with Crippen LogP contribution in [0.25, 0.3) is 0 Å². The summed E-state index contributed by atoms with van der Waals surface area (Å²) >= 11 is 0. The molecule has 0 aromatic heterocycles. The van der Waals surface area contributed by atoms with E-state index in [2.05, 4.69) is 4.72 Å². The van der Waals surface area contributed by atoms with E-state index >= 15 is 0 Å². The summed E-state index contributed by atoms with van der Waals surface area (Å²) in [4.78, 5) is 0. The summed E-state index contributed by atoms with van der Waals surface area (Å²) in [7, 11) is -3.20. The smallest absolute Gasteiger partial charge is 0.214 e. The van der Waals surface area contributed by atoms with Crippen molar-refractivity contribution < 1.29 is 13.5 Å². The Kier molecular flexibility index (Phi) is 5.16. The predicted octanol–water partition coefficient (Wildman–Crippen LogP) is 2.04. The zero-order valence-electron chi connectivity index (χ0n) is 11.1. The minimum absolute atomic E-state index is 0.0915. The quantitative estimate of drug-likeness (QED) is 0.832. The van der Waals surface area contributed by atoms with Crippen LogP contribution < -0.4 is 4.72 Å². The summed E-state index contributed by atoms with van der Waals surface area (Å²) in [5, 5.41) is 8.75. The topological polar surface area (TPSA) is 66.4 Å². The molecule has 1 atom stereocenters. The van der Waals surface area contributed by atoms with Crippen LogP contribution in [-0.4, -0.2) is 24.8 Å². The maximum absolute atomic E-state index is 11.7. The second-order valence-electron chi connectivity index (χ2n) is 4.82. The molecule has 1 aromatic carbocycles. The average Bonchev–Trinajstić information content (AvgIpc) is 2.27. The number of rotatable bonds is 6. The fourth-order valence-corrected chi connectivity index (χ4v) is 2.47. The third kappa shape index (κ3) is 4.66. The Bertz CT molecular complexity index is 466. The molecule has 2 N–H and O–H groups in total. The van der Waals surface area contributed by atoms with Gasteiger partial charge in [-0.25, -0.2) is 13.1 Å². The normalized spacial score (nSPS) is 13.8. The van der Waals surface area contributed by atoms with Gasteiger partial charge in [-0.1, -0.05) is 12.1 Å². The highest BCUT2D eigenvalue weighted by Crippen LogP contribution is 2.12. The fraction of sp³-hybridized carbons (Fsp3) is 0.538. The zero-order valence-corrected chi connectivity index (χ0v) is 11.9. The molecule has 1 rings (SSSR count). The van der Waals surface area contributed by atoms with Crippen molar-refractivity contribution >= 4 is 10.0 Å². The molecule has 0 spiro atoms. The van der Waals surface area contributed by atoms with E-state index in [9.17, 15) is 8.42 Å². The van der Waals surface area contributed by atoms with E-state index in [1.165, 1.54) is 0 Å². The third-order valence-electron chi connectivity index (χ3n) is 2.79. The number of aryl methyl sites for hydroxylation is 1. The van der Waals surface area contributed by atoms with Gasteiger partial charge in [0.25, 0.3) is 0 Å². The van der Waals surface area contributed by atoms with Crippen molar-refractivity contribution in [3.63, 3.8) is 0 Å². The first-order chi connectivity index (χ1) is 8.31. The van der Waals surface area contributed by atoms with Gasteiger partial charge in [-0.2, -0.15) is 0 Å². The van der Waals surface area contributed by atoms with E-state index in [-0.39, 0.29) is 11.8 Å². The molecule has 5 heteroatoms. The molecule has 0 bridgehead atoms. The van der Waals surface area contributed by atoms with Crippen LogP contribution in [0.5, 0.6) is 5.75 Å². The van der Waals surface area contributed by atoms with Crippen molar-refractivity contribution in [2.75, 3.05) is 0 Å². The van der Waals surface area contributed by atoms with Crippen molar-refractivity contribution in [1.29, 1.82) is 0 Å². The van der Waals surface area contributed by atoms with Gasteiger partial charge < -0.3 is 5.11 Å². The first-order valence-corrected chi connectivity index (χ1v) is 7.65. The fourth-order valence-electron chi connectivity index (χ4n) is 1.52. The number of sulfonamides is 1. The van der Waals surface area contributed by atoms with E-state index in [0.717, 1.165) is 18.4 Å². The Hall–Kier alpha value is -1.07. The second kappa shape index (κ2) is 6.20. The summed E-state index contributed by atoms with van der Waals surface area (Å²) in [5.41, 5.74) is 1.09. The number of aromatic hydroxyl groups is 1. The molecule has 0 saturated carbocycles. The zero-order chi connectivity index (χ0) is 13.8. The number of nitrogens with one attached hydrogen (secondary N) is 1. The van der Waals surface area contributed by atoms with Crippen LogP contribution in [0, 0.1) is 0 Å². The Morgan fingerprint density at radius 2 is 1.72 bits per heavy atom. The van der Waals surface area contributed by atoms with Crippen LogP contribution in [0.2, 0.25) is 0 Å². The first-order valence-electron chi connectivity index (χ1n) is 6.10. The highest BCUT2D eigenvalue weighted by molar-refractivity contribution is 7.90. The molecule has 0 aliphatic rings. The summed E-state index contributed by atoms with van der Waals surface area (Å²) in [6, 6.07) is 6.88. The molecule has 18 heavy (non-hydrogen) atoms. The molecule has 0 fully saturated rings. The summed E-state index contributed by atoms with van der Waals surface area (Å²) < 4.78 is 26.0. The lowest BCUT2D eigenvalue weighted by Gasteiger charge is -2.16. The van der Waals surface area contributed by atoms with Gasteiger partial charge in [-0.15, -0.1) is 0 Å². The van der Waals surface area contributed by atoms with Crippen LogP contribution in [0.1, 0.15) is 32.8 Å². The molecule has 102 valence electrons. The monoisotopic (exact) mass is 271 g/mol. The summed E-state index contributed by atoms with van der Waals surface area (Å²) in [6.07, 6.45) is 1.51. The standard InChI is InChI=1S/C13H21NO3S/c1-10(2)18(16,17)14-11(3)4-5-12-6-8-13(15)9-7-12/h6-11,14-15H,4-5H2,1-3H3. The summed E-state index contributed by atoms with van der Waals surface area (Å²) in [6.45, 7) is 5.18. The Morgan fingerprint density at radius 1 is 1.17 bits per heavy atom. The average molecular weight is 271 g/mol. The molecule has 4 nitrogen and oxygen atoms in total. The van der Waals surface area contributed by atoms with Crippen LogP contribution in [-0.2, 0) is 16.4 Å². The number of hydrogen-bond donors (Lipinski definition) is 2. The molecule has 0 radical (unpaired) electrons. The van der Waals surface area contributed by atoms with Crippen molar-refractivity contribution in [1.82, 2.24) is 4.72 Å². The van der Waals surface area contributed by atoms with Crippen molar-refractivity contribution in [3.05, 3.63) is 29.8 Å². The van der Waals surface area contributed by atoms with E-state index in [4.69, 9.17) is 5.11 Å². The minimum atomic E-state index is -3.20. The molecule has 0 aliphatic carbocycles. The van der Waals surface area contributed by atoms with Crippen molar-refractivity contribution in [2.24, 2.45) is 0 Å². The number of phenolic OH excluding ortho intramolecular Hbond substituents is 1. The third-order valence-corrected chi connectivity index (χ3v) is 4.76. The van der Waals surface area contributed by atoms with E-state index < -0.39 is 15.3 Å². The van der Waals surface area contributed by atoms with Gasteiger partial charge in [-0.05, 0) is 51.3 Å². The predicted molar refractivity (Wildman–Crippen MR) is 73.1 cm³/mol. The number of phenols is 1. The maximum atomic E-state index is 11.7. The van der Waals surface area contributed by atoms with Gasteiger partial charge in [0.05, 0.1) is 5.25 Å². The van der Waals surface area contributed by atoms with E-state index in [0.29, 0.717) is 0 Å². The number of hydrogen-bond acceptors (Lipinski definition) is 3. The van der Waals surface area contributed by atoms with Gasteiger partial charge in [0.2, 0.25) is 10.0 Å². The molecule has 0 aliphatic heterocycles. The molecule has 0 heterocycles.